The van der Waals surface area contributed by atoms with Gasteiger partial charge in [-0.05, 0) is 50.4 Å². The molecular formula is C21H27N3O. The summed E-state index contributed by atoms with van der Waals surface area (Å²) in [6, 6.07) is 13.2. The van der Waals surface area contributed by atoms with E-state index in [0.717, 1.165) is 36.4 Å². The first-order chi connectivity index (χ1) is 12.4. The van der Waals surface area contributed by atoms with Gasteiger partial charge in [0.25, 0.3) is 0 Å². The summed E-state index contributed by atoms with van der Waals surface area (Å²) in [6.45, 7) is 5.09. The zero-order chi connectivity index (χ0) is 16.9. The molecule has 4 rings (SSSR count). The Hall–Kier alpha value is -1.91. The van der Waals surface area contributed by atoms with Crippen molar-refractivity contribution in [3.8, 4) is 5.75 Å². The molecule has 1 atom stereocenters. The van der Waals surface area contributed by atoms with Crippen LogP contribution in [0.1, 0.15) is 30.4 Å². The second-order valence-corrected chi connectivity index (χ2v) is 7.27. The van der Waals surface area contributed by atoms with E-state index in [1.54, 1.807) is 6.20 Å². The number of likely N-dealkylation sites (tertiary alicyclic amines) is 1. The third-order valence-electron chi connectivity index (χ3n) is 5.22. The fraction of sp³-hybridized carbons (Fsp3) is 0.476. The van der Waals surface area contributed by atoms with Crippen LogP contribution in [-0.4, -0.2) is 35.6 Å². The van der Waals surface area contributed by atoms with Crippen molar-refractivity contribution in [1.29, 1.82) is 0 Å². The average Bonchev–Trinajstić information content (AvgIpc) is 3.41. The molecule has 1 aromatic heterocycles. The molecule has 132 valence electrons. The lowest BCUT2D eigenvalue weighted by Gasteiger charge is -2.16. The molecule has 0 spiro atoms. The summed E-state index contributed by atoms with van der Waals surface area (Å²) in [5.41, 5.74) is 2.32. The maximum atomic E-state index is 6.01. The normalized spacial score (nSPS) is 20.7. The highest BCUT2D eigenvalue weighted by atomic mass is 16.5. The van der Waals surface area contributed by atoms with E-state index in [0.29, 0.717) is 6.61 Å². The summed E-state index contributed by atoms with van der Waals surface area (Å²) < 4.78 is 6.01. The molecule has 0 radical (unpaired) electrons. The van der Waals surface area contributed by atoms with Crippen LogP contribution in [0.3, 0.4) is 0 Å². The molecule has 4 nitrogen and oxygen atoms in total. The Morgan fingerprint density at radius 1 is 1.12 bits per heavy atom. The zero-order valence-electron chi connectivity index (χ0n) is 14.7. The molecule has 1 aliphatic carbocycles. The summed E-state index contributed by atoms with van der Waals surface area (Å²) in [6.07, 6.45) is 7.81. The summed E-state index contributed by atoms with van der Waals surface area (Å²) in [5, 5.41) is 3.64. The molecule has 1 saturated carbocycles. The molecule has 4 heteroatoms. The first-order valence-electron chi connectivity index (χ1n) is 9.43. The van der Waals surface area contributed by atoms with Crippen molar-refractivity contribution in [3.05, 3.63) is 59.9 Å². The van der Waals surface area contributed by atoms with E-state index in [1.807, 2.05) is 24.4 Å². The summed E-state index contributed by atoms with van der Waals surface area (Å²) in [7, 11) is 0. The second-order valence-electron chi connectivity index (χ2n) is 7.27. The number of benzene rings is 1. The number of pyridine rings is 1. The van der Waals surface area contributed by atoms with E-state index in [-0.39, 0.29) is 0 Å². The maximum absolute atomic E-state index is 6.01. The van der Waals surface area contributed by atoms with Gasteiger partial charge in [-0.25, -0.2) is 0 Å². The van der Waals surface area contributed by atoms with Crippen molar-refractivity contribution >= 4 is 0 Å². The first-order valence-corrected chi connectivity index (χ1v) is 9.43. The molecule has 1 N–H and O–H groups in total. The van der Waals surface area contributed by atoms with Crippen molar-refractivity contribution < 1.29 is 4.74 Å². The Labute approximate surface area is 150 Å². The van der Waals surface area contributed by atoms with Crippen molar-refractivity contribution in [2.75, 3.05) is 19.6 Å². The highest BCUT2D eigenvalue weighted by Gasteiger charge is 2.33. The molecule has 2 fully saturated rings. The molecule has 2 aliphatic rings. The molecular weight excluding hydrogens is 310 g/mol. The quantitative estimate of drug-likeness (QED) is 0.802. The molecule has 1 aromatic carbocycles. The van der Waals surface area contributed by atoms with Gasteiger partial charge in [-0.1, -0.05) is 24.3 Å². The van der Waals surface area contributed by atoms with Crippen LogP contribution in [-0.2, 0) is 13.2 Å². The van der Waals surface area contributed by atoms with Gasteiger partial charge in [0, 0.05) is 42.7 Å². The Morgan fingerprint density at radius 3 is 2.88 bits per heavy atom. The van der Waals surface area contributed by atoms with Gasteiger partial charge in [-0.2, -0.15) is 0 Å². The number of ether oxygens (including phenoxy) is 1. The minimum absolute atomic E-state index is 0.559. The van der Waals surface area contributed by atoms with Gasteiger partial charge in [0.1, 0.15) is 12.4 Å². The highest BCUT2D eigenvalue weighted by molar-refractivity contribution is 5.33. The monoisotopic (exact) mass is 337 g/mol. The van der Waals surface area contributed by atoms with Crippen molar-refractivity contribution in [2.45, 2.75) is 38.5 Å². The van der Waals surface area contributed by atoms with Gasteiger partial charge in [0.15, 0.2) is 0 Å². The van der Waals surface area contributed by atoms with E-state index >= 15 is 0 Å². The topological polar surface area (TPSA) is 37.4 Å². The number of nitrogens with zero attached hydrogens (tertiary/aromatic N) is 2. The second kappa shape index (κ2) is 7.98. The third kappa shape index (κ3) is 4.59. The minimum Gasteiger partial charge on any atom is -0.489 e. The molecule has 0 amide bonds. The van der Waals surface area contributed by atoms with Gasteiger partial charge in [0.05, 0.1) is 0 Å². The summed E-state index contributed by atoms with van der Waals surface area (Å²) in [5.74, 6) is 1.76. The molecule has 1 saturated heterocycles. The zero-order valence-corrected chi connectivity index (χ0v) is 14.7. The molecule has 2 aromatic rings. The highest BCUT2D eigenvalue weighted by Crippen LogP contribution is 2.31. The van der Waals surface area contributed by atoms with E-state index in [9.17, 15) is 0 Å². The van der Waals surface area contributed by atoms with Crippen LogP contribution >= 0.6 is 0 Å². The average molecular weight is 337 g/mol. The first kappa shape index (κ1) is 16.6. The fourth-order valence-corrected chi connectivity index (χ4v) is 3.65. The van der Waals surface area contributed by atoms with E-state index in [4.69, 9.17) is 4.74 Å². The maximum Gasteiger partial charge on any atom is 0.124 e. The molecule has 2 heterocycles. The lowest BCUT2D eigenvalue weighted by atomic mass is 10.1. The third-order valence-corrected chi connectivity index (χ3v) is 5.22. The lowest BCUT2D eigenvalue weighted by Crippen LogP contribution is -2.27. The fourth-order valence-electron chi connectivity index (χ4n) is 3.65. The predicted molar refractivity (Wildman–Crippen MR) is 99.4 cm³/mol. The number of hydrogen-bond acceptors (Lipinski definition) is 4. The summed E-state index contributed by atoms with van der Waals surface area (Å²) >= 11 is 0. The van der Waals surface area contributed by atoms with Gasteiger partial charge < -0.3 is 15.0 Å². The van der Waals surface area contributed by atoms with Crippen molar-refractivity contribution in [2.24, 2.45) is 5.92 Å². The largest absolute Gasteiger partial charge is 0.489 e. The van der Waals surface area contributed by atoms with Crippen LogP contribution in [0, 0.1) is 5.92 Å². The van der Waals surface area contributed by atoms with Crippen LogP contribution in [0.25, 0.3) is 0 Å². The van der Waals surface area contributed by atoms with Crippen LogP contribution in [0.15, 0.2) is 48.8 Å². The predicted octanol–water partition coefficient (Wildman–Crippen LogP) is 3.23. The van der Waals surface area contributed by atoms with Crippen molar-refractivity contribution in [3.63, 3.8) is 0 Å². The lowest BCUT2D eigenvalue weighted by molar-refractivity contribution is 0.300. The number of aromatic nitrogens is 1. The van der Waals surface area contributed by atoms with Gasteiger partial charge in [0.2, 0.25) is 0 Å². The molecule has 25 heavy (non-hydrogen) atoms. The number of para-hydroxylation sites is 1. The van der Waals surface area contributed by atoms with Crippen LogP contribution < -0.4 is 10.1 Å². The summed E-state index contributed by atoms with van der Waals surface area (Å²) in [4.78, 5) is 6.82. The SMILES string of the molecule is c1cncc(COc2ccccc2CNCC2CCN(C3CC3)C2)c1. The minimum atomic E-state index is 0.559. The van der Waals surface area contributed by atoms with Gasteiger partial charge >= 0.3 is 0 Å². The van der Waals surface area contributed by atoms with Crippen molar-refractivity contribution in [1.82, 2.24) is 15.2 Å². The Bertz CT molecular complexity index is 672. The Kier molecular flexibility index (Phi) is 5.28. The van der Waals surface area contributed by atoms with E-state index in [2.05, 4.69) is 33.4 Å². The van der Waals surface area contributed by atoms with E-state index < -0.39 is 0 Å². The smallest absolute Gasteiger partial charge is 0.124 e. The van der Waals surface area contributed by atoms with Gasteiger partial charge in [-0.15, -0.1) is 0 Å². The van der Waals surface area contributed by atoms with Crippen LogP contribution in [0.2, 0.25) is 0 Å². The number of nitrogens with one attached hydrogen (secondary N) is 1. The van der Waals surface area contributed by atoms with Crippen LogP contribution in [0.4, 0.5) is 0 Å². The van der Waals surface area contributed by atoms with E-state index in [1.165, 1.54) is 37.9 Å². The standard InChI is InChI=1S/C21H27N3O/c1-2-6-21(25-16-18-4-3-10-22-13-18)19(5-1)14-23-12-17-9-11-24(15-17)20-7-8-20/h1-6,10,13,17,20,23H,7-9,11-12,14-16H2. The molecule has 1 aliphatic heterocycles. The van der Waals surface area contributed by atoms with Gasteiger partial charge in [-0.3, -0.25) is 4.98 Å². The molecule has 0 bridgehead atoms. The Balaban J connectivity index is 1.26. The number of hydrogen-bond donors (Lipinski definition) is 1. The number of rotatable bonds is 8. The van der Waals surface area contributed by atoms with Crippen LogP contribution in [0.5, 0.6) is 5.75 Å². The molecule has 1 unspecified atom stereocenters. The Morgan fingerprint density at radius 2 is 2.04 bits per heavy atom.